The fourth-order valence-corrected chi connectivity index (χ4v) is 2.05. The lowest BCUT2D eigenvalue weighted by Crippen LogP contribution is -2.28. The number of rotatable bonds is 1. The number of aryl methyl sites for hydroxylation is 1. The van der Waals surface area contributed by atoms with Gasteiger partial charge >= 0.3 is 6.18 Å². The Hall–Kier alpha value is -1.04. The second kappa shape index (κ2) is 4.08. The molecule has 1 aliphatic heterocycles. The maximum absolute atomic E-state index is 12.5. The first-order valence-electron chi connectivity index (χ1n) is 5.33. The Morgan fingerprint density at radius 1 is 1.44 bits per heavy atom. The molecular weight excluding hydrogens is 219 g/mol. The van der Waals surface area contributed by atoms with Crippen molar-refractivity contribution in [2.75, 3.05) is 6.54 Å². The van der Waals surface area contributed by atoms with Gasteiger partial charge in [0.25, 0.3) is 0 Å². The van der Waals surface area contributed by atoms with Crippen molar-refractivity contribution in [3.05, 3.63) is 17.5 Å². The molecule has 1 aromatic heterocycles. The molecule has 3 nitrogen and oxygen atoms in total. The molecule has 1 fully saturated rings. The molecule has 0 aromatic carbocycles. The highest BCUT2D eigenvalue weighted by atomic mass is 19.4. The number of nitrogens with zero attached hydrogens (tertiary/aromatic N) is 2. The first-order chi connectivity index (χ1) is 7.48. The number of nitrogens with one attached hydrogen (secondary N) is 1. The van der Waals surface area contributed by atoms with Crippen LogP contribution in [0.1, 0.15) is 36.7 Å². The van der Waals surface area contributed by atoms with Crippen LogP contribution in [0, 0.1) is 0 Å². The fourth-order valence-electron chi connectivity index (χ4n) is 2.05. The van der Waals surface area contributed by atoms with Gasteiger partial charge in [-0.25, -0.2) is 0 Å². The molecule has 2 rings (SSSR count). The number of halogens is 3. The maximum atomic E-state index is 12.5. The summed E-state index contributed by atoms with van der Waals surface area (Å²) in [6, 6.07) is 1.14. The van der Waals surface area contributed by atoms with Gasteiger partial charge in [-0.2, -0.15) is 18.3 Å². The van der Waals surface area contributed by atoms with Crippen LogP contribution in [-0.2, 0) is 13.2 Å². The lowest BCUT2D eigenvalue weighted by atomic mass is 10.0. The van der Waals surface area contributed by atoms with Crippen molar-refractivity contribution >= 4 is 0 Å². The molecule has 6 heteroatoms. The van der Waals surface area contributed by atoms with Crippen LogP contribution in [0.15, 0.2) is 6.07 Å². The minimum absolute atomic E-state index is 0.00218. The molecule has 16 heavy (non-hydrogen) atoms. The Bertz CT molecular complexity index is 364. The monoisotopic (exact) mass is 233 g/mol. The van der Waals surface area contributed by atoms with Gasteiger partial charge in [0.1, 0.15) is 0 Å². The van der Waals surface area contributed by atoms with E-state index in [1.165, 1.54) is 4.68 Å². The summed E-state index contributed by atoms with van der Waals surface area (Å²) in [6.45, 7) is 0.858. The lowest BCUT2D eigenvalue weighted by Gasteiger charge is -2.23. The van der Waals surface area contributed by atoms with Crippen molar-refractivity contribution < 1.29 is 13.2 Å². The number of piperidine rings is 1. The molecule has 0 aliphatic carbocycles. The summed E-state index contributed by atoms with van der Waals surface area (Å²) >= 11 is 0. The van der Waals surface area contributed by atoms with Crippen LogP contribution in [-0.4, -0.2) is 16.3 Å². The van der Waals surface area contributed by atoms with E-state index in [1.54, 1.807) is 7.05 Å². The Morgan fingerprint density at radius 3 is 2.69 bits per heavy atom. The molecule has 0 amide bonds. The van der Waals surface area contributed by atoms with E-state index in [4.69, 9.17) is 0 Å². The van der Waals surface area contributed by atoms with Crippen LogP contribution in [0.2, 0.25) is 0 Å². The predicted octanol–water partition coefficient (Wildman–Crippen LogP) is 2.25. The van der Waals surface area contributed by atoms with E-state index in [0.29, 0.717) is 5.69 Å². The third-order valence-corrected chi connectivity index (χ3v) is 2.87. The van der Waals surface area contributed by atoms with E-state index in [1.807, 2.05) is 0 Å². The second-order valence-corrected chi connectivity index (χ2v) is 4.08. The Balaban J connectivity index is 2.24. The third kappa shape index (κ3) is 2.21. The van der Waals surface area contributed by atoms with Crippen LogP contribution in [0.25, 0.3) is 0 Å². The minimum atomic E-state index is -4.36. The molecular formula is C10H14F3N3. The van der Waals surface area contributed by atoms with E-state index in [9.17, 15) is 13.2 Å². The molecule has 1 aromatic rings. The first kappa shape index (κ1) is 11.4. The molecule has 0 spiro atoms. The molecule has 90 valence electrons. The molecule has 1 saturated heterocycles. The number of hydrogen-bond donors (Lipinski definition) is 1. The van der Waals surface area contributed by atoms with Crippen molar-refractivity contribution in [2.24, 2.45) is 7.05 Å². The highest BCUT2D eigenvalue weighted by molar-refractivity contribution is 5.17. The molecule has 1 aliphatic rings. The zero-order chi connectivity index (χ0) is 11.8. The maximum Gasteiger partial charge on any atom is 0.435 e. The van der Waals surface area contributed by atoms with E-state index >= 15 is 0 Å². The van der Waals surface area contributed by atoms with Crippen LogP contribution in [0.3, 0.4) is 0 Å². The summed E-state index contributed by atoms with van der Waals surface area (Å²) in [4.78, 5) is 0. The minimum Gasteiger partial charge on any atom is -0.309 e. The van der Waals surface area contributed by atoms with E-state index in [2.05, 4.69) is 10.4 Å². The zero-order valence-corrected chi connectivity index (χ0v) is 9.01. The van der Waals surface area contributed by atoms with Crippen molar-refractivity contribution in [3.8, 4) is 0 Å². The van der Waals surface area contributed by atoms with Gasteiger partial charge in [0.05, 0.1) is 5.69 Å². The van der Waals surface area contributed by atoms with Crippen LogP contribution < -0.4 is 5.32 Å². The van der Waals surface area contributed by atoms with E-state index < -0.39 is 11.9 Å². The average molecular weight is 233 g/mol. The molecule has 0 bridgehead atoms. The van der Waals surface area contributed by atoms with Crippen molar-refractivity contribution in [1.29, 1.82) is 0 Å². The molecule has 1 N–H and O–H groups in total. The quantitative estimate of drug-likeness (QED) is 0.806. The second-order valence-electron chi connectivity index (χ2n) is 4.08. The summed E-state index contributed by atoms with van der Waals surface area (Å²) in [6.07, 6.45) is -1.35. The molecule has 0 saturated carbocycles. The van der Waals surface area contributed by atoms with Crippen LogP contribution in [0.5, 0.6) is 0 Å². The van der Waals surface area contributed by atoms with Gasteiger partial charge in [0.2, 0.25) is 0 Å². The smallest absolute Gasteiger partial charge is 0.309 e. The average Bonchev–Trinajstić information content (AvgIpc) is 2.61. The van der Waals surface area contributed by atoms with Crippen molar-refractivity contribution in [1.82, 2.24) is 15.1 Å². The molecule has 1 unspecified atom stereocenters. The summed E-state index contributed by atoms with van der Waals surface area (Å²) < 4.78 is 38.7. The summed E-state index contributed by atoms with van der Waals surface area (Å²) in [5, 5.41) is 6.72. The first-order valence-corrected chi connectivity index (χ1v) is 5.33. The van der Waals surface area contributed by atoms with Crippen LogP contribution >= 0.6 is 0 Å². The third-order valence-electron chi connectivity index (χ3n) is 2.87. The standard InChI is InChI=1S/C10H14F3N3/c1-16-8(7-4-2-3-5-14-7)6-9(15-16)10(11,12)13/h6-7,14H,2-5H2,1H3. The van der Waals surface area contributed by atoms with Gasteiger partial charge in [-0.15, -0.1) is 0 Å². The van der Waals surface area contributed by atoms with Gasteiger partial charge in [0, 0.05) is 13.1 Å². The Morgan fingerprint density at radius 2 is 2.19 bits per heavy atom. The highest BCUT2D eigenvalue weighted by Crippen LogP contribution is 2.31. The van der Waals surface area contributed by atoms with Gasteiger partial charge in [-0.1, -0.05) is 6.42 Å². The van der Waals surface area contributed by atoms with E-state index in [0.717, 1.165) is 31.9 Å². The molecule has 2 heterocycles. The van der Waals surface area contributed by atoms with Gasteiger partial charge in [0.15, 0.2) is 5.69 Å². The van der Waals surface area contributed by atoms with E-state index in [-0.39, 0.29) is 6.04 Å². The summed E-state index contributed by atoms with van der Waals surface area (Å²) in [7, 11) is 1.56. The van der Waals surface area contributed by atoms with Gasteiger partial charge in [-0.3, -0.25) is 4.68 Å². The lowest BCUT2D eigenvalue weighted by molar-refractivity contribution is -0.141. The van der Waals surface area contributed by atoms with Crippen molar-refractivity contribution in [2.45, 2.75) is 31.5 Å². The SMILES string of the molecule is Cn1nc(C(F)(F)F)cc1C1CCCCN1. The van der Waals surface area contributed by atoms with Crippen molar-refractivity contribution in [3.63, 3.8) is 0 Å². The highest BCUT2D eigenvalue weighted by Gasteiger charge is 2.35. The van der Waals surface area contributed by atoms with Gasteiger partial charge < -0.3 is 5.32 Å². The molecule has 0 radical (unpaired) electrons. The normalized spacial score (nSPS) is 22.4. The Kier molecular flexibility index (Phi) is 2.92. The zero-order valence-electron chi connectivity index (χ0n) is 9.01. The summed E-state index contributed by atoms with van der Waals surface area (Å²) in [5.41, 5.74) is -0.190. The number of aromatic nitrogens is 2. The summed E-state index contributed by atoms with van der Waals surface area (Å²) in [5.74, 6) is 0. The topological polar surface area (TPSA) is 29.9 Å². The molecule has 1 atom stereocenters. The number of hydrogen-bond acceptors (Lipinski definition) is 2. The largest absolute Gasteiger partial charge is 0.435 e. The van der Waals surface area contributed by atoms with Gasteiger partial charge in [-0.05, 0) is 25.5 Å². The van der Waals surface area contributed by atoms with Crippen LogP contribution in [0.4, 0.5) is 13.2 Å². The predicted molar refractivity (Wildman–Crippen MR) is 52.8 cm³/mol. The fraction of sp³-hybridized carbons (Fsp3) is 0.700. The number of alkyl halides is 3. The Labute approximate surface area is 91.6 Å².